The van der Waals surface area contributed by atoms with Crippen molar-refractivity contribution in [2.75, 3.05) is 0 Å². The Hall–Kier alpha value is -0.660. The van der Waals surface area contributed by atoms with Gasteiger partial charge in [0, 0.05) is 0 Å². The Morgan fingerprint density at radius 3 is 1.56 bits per heavy atom. The fraction of sp³-hybridized carbons (Fsp3) is 0.950. The fourth-order valence-electron chi connectivity index (χ4n) is 3.12. The molecular formula is C20H38F3NO3. The Bertz CT molecular complexity index is 378. The van der Waals surface area contributed by atoms with E-state index in [0.29, 0.717) is 6.42 Å². The number of ketones is 1. The normalized spacial score (nSPS) is 15.5. The minimum Gasteiger partial charge on any atom is -0.391 e. The van der Waals surface area contributed by atoms with Gasteiger partial charge in [0.15, 0.2) is 0 Å². The molecule has 0 bridgehead atoms. The number of alkyl halides is 3. The Kier molecular flexibility index (Phi) is 14.9. The van der Waals surface area contributed by atoms with Crippen molar-refractivity contribution < 1.29 is 28.2 Å². The van der Waals surface area contributed by atoms with Gasteiger partial charge in [-0.15, -0.1) is 0 Å². The predicted molar refractivity (Wildman–Crippen MR) is 101 cm³/mol. The lowest BCUT2D eigenvalue weighted by molar-refractivity contribution is -0.182. The summed E-state index contributed by atoms with van der Waals surface area (Å²) in [6.45, 7) is 2.22. The van der Waals surface area contributed by atoms with E-state index in [1.165, 1.54) is 57.8 Å². The number of aliphatic hydroxyl groups is 2. The fourth-order valence-corrected chi connectivity index (χ4v) is 3.12. The number of nitrogens with two attached hydrogens (primary N) is 1. The second-order valence-corrected chi connectivity index (χ2v) is 7.48. The molecule has 7 heteroatoms. The molecule has 0 fully saturated rings. The van der Waals surface area contributed by atoms with Crippen molar-refractivity contribution in [1.29, 1.82) is 0 Å². The minimum absolute atomic E-state index is 0.182. The van der Waals surface area contributed by atoms with Crippen LogP contribution in [0.25, 0.3) is 0 Å². The number of unbranched alkanes of at least 4 members (excludes halogenated alkanes) is 12. The largest absolute Gasteiger partial charge is 0.452 e. The summed E-state index contributed by atoms with van der Waals surface area (Å²) in [5, 5.41) is 19.1. The number of halogens is 3. The van der Waals surface area contributed by atoms with Crippen molar-refractivity contribution in [3.63, 3.8) is 0 Å². The van der Waals surface area contributed by atoms with Gasteiger partial charge in [0.2, 0.25) is 0 Å². The van der Waals surface area contributed by atoms with Gasteiger partial charge in [-0.25, -0.2) is 0 Å². The van der Waals surface area contributed by atoms with Crippen LogP contribution in [0.5, 0.6) is 0 Å². The smallest absolute Gasteiger partial charge is 0.391 e. The van der Waals surface area contributed by atoms with Crippen molar-refractivity contribution in [2.24, 2.45) is 5.73 Å². The third-order valence-corrected chi connectivity index (χ3v) is 4.96. The summed E-state index contributed by atoms with van der Waals surface area (Å²) in [7, 11) is 0. The van der Waals surface area contributed by atoms with E-state index >= 15 is 0 Å². The highest BCUT2D eigenvalue weighted by molar-refractivity contribution is 5.88. The first-order valence-corrected chi connectivity index (χ1v) is 10.4. The van der Waals surface area contributed by atoms with Crippen LogP contribution in [-0.2, 0) is 4.79 Å². The number of carbonyl (C=O) groups excluding carboxylic acids is 1. The quantitative estimate of drug-likeness (QED) is 0.312. The molecule has 0 heterocycles. The van der Waals surface area contributed by atoms with Gasteiger partial charge in [-0.2, -0.15) is 13.2 Å². The average Bonchev–Trinajstić information content (AvgIpc) is 2.62. The number of carbonyl (C=O) groups is 1. The highest BCUT2D eigenvalue weighted by atomic mass is 19.4. The second-order valence-electron chi connectivity index (χ2n) is 7.48. The lowest BCUT2D eigenvalue weighted by atomic mass is 9.97. The third-order valence-electron chi connectivity index (χ3n) is 4.96. The molecule has 0 amide bonds. The first-order chi connectivity index (χ1) is 12.7. The van der Waals surface area contributed by atoms with Crippen LogP contribution >= 0.6 is 0 Å². The Morgan fingerprint density at radius 2 is 1.19 bits per heavy atom. The molecule has 4 N–H and O–H groups in total. The molecular weight excluding hydrogens is 359 g/mol. The summed E-state index contributed by atoms with van der Waals surface area (Å²) in [5.74, 6) is -2.31. The molecule has 0 aliphatic rings. The van der Waals surface area contributed by atoms with Crippen molar-refractivity contribution in [3.05, 3.63) is 0 Å². The molecule has 0 saturated carbocycles. The highest BCUT2D eigenvalue weighted by Crippen LogP contribution is 2.20. The van der Waals surface area contributed by atoms with Crippen LogP contribution in [0.15, 0.2) is 0 Å². The zero-order valence-corrected chi connectivity index (χ0v) is 16.6. The molecule has 4 nitrogen and oxygen atoms in total. The summed E-state index contributed by atoms with van der Waals surface area (Å²) >= 11 is 0. The zero-order valence-electron chi connectivity index (χ0n) is 16.6. The van der Waals surface area contributed by atoms with Gasteiger partial charge in [-0.05, 0) is 6.42 Å². The van der Waals surface area contributed by atoms with Gasteiger partial charge < -0.3 is 15.9 Å². The van der Waals surface area contributed by atoms with E-state index in [1.54, 1.807) is 0 Å². The molecule has 3 unspecified atom stereocenters. The lowest BCUT2D eigenvalue weighted by Gasteiger charge is -2.23. The maximum atomic E-state index is 12.2. The van der Waals surface area contributed by atoms with Crippen LogP contribution in [0.4, 0.5) is 13.2 Å². The Morgan fingerprint density at radius 1 is 0.815 bits per heavy atom. The molecule has 3 atom stereocenters. The number of aliphatic hydroxyl groups excluding tert-OH is 2. The standard InChI is InChI=1S/C20H38F3NO3/c1-2-3-4-5-6-7-8-9-10-11-12-13-14-15-16(25)17(24)18(26)19(27)20(21,22)23/h16-18,25-26H,2-15,24H2,1H3. The molecule has 0 aromatic heterocycles. The lowest BCUT2D eigenvalue weighted by Crippen LogP contribution is -2.52. The monoisotopic (exact) mass is 397 g/mol. The molecule has 0 aliphatic heterocycles. The van der Waals surface area contributed by atoms with E-state index in [2.05, 4.69) is 6.92 Å². The number of hydrogen-bond acceptors (Lipinski definition) is 4. The number of hydrogen-bond donors (Lipinski definition) is 3. The molecule has 0 rings (SSSR count). The summed E-state index contributed by atoms with van der Waals surface area (Å²) in [6, 6.07) is -1.61. The highest BCUT2D eigenvalue weighted by Gasteiger charge is 2.45. The van der Waals surface area contributed by atoms with Crippen LogP contribution in [0, 0.1) is 0 Å². The topological polar surface area (TPSA) is 83.6 Å². The third kappa shape index (κ3) is 13.2. The van der Waals surface area contributed by atoms with Crippen LogP contribution < -0.4 is 5.73 Å². The summed E-state index contributed by atoms with van der Waals surface area (Å²) in [5.41, 5.74) is 5.38. The van der Waals surface area contributed by atoms with E-state index in [1.807, 2.05) is 0 Å². The maximum absolute atomic E-state index is 12.2. The molecule has 0 aromatic rings. The summed E-state index contributed by atoms with van der Waals surface area (Å²) in [6.07, 6.45) is 6.44. The van der Waals surface area contributed by atoms with Gasteiger partial charge in [-0.1, -0.05) is 90.4 Å². The van der Waals surface area contributed by atoms with E-state index in [-0.39, 0.29) is 6.42 Å². The van der Waals surface area contributed by atoms with Crippen LogP contribution in [-0.4, -0.2) is 40.4 Å². The van der Waals surface area contributed by atoms with Gasteiger partial charge in [-0.3, -0.25) is 4.79 Å². The zero-order chi connectivity index (χ0) is 20.7. The van der Waals surface area contributed by atoms with Gasteiger partial charge in [0.05, 0.1) is 12.1 Å². The molecule has 27 heavy (non-hydrogen) atoms. The van der Waals surface area contributed by atoms with E-state index in [9.17, 15) is 28.2 Å². The predicted octanol–water partition coefficient (Wildman–Crippen LogP) is 4.65. The number of rotatable bonds is 17. The van der Waals surface area contributed by atoms with E-state index in [4.69, 9.17) is 5.73 Å². The van der Waals surface area contributed by atoms with Gasteiger partial charge in [0.25, 0.3) is 5.78 Å². The average molecular weight is 398 g/mol. The first-order valence-electron chi connectivity index (χ1n) is 10.4. The minimum atomic E-state index is -5.15. The number of Topliss-reactive ketones (excluding diaryl/α,β-unsaturated/α-hetero) is 1. The van der Waals surface area contributed by atoms with E-state index in [0.717, 1.165) is 19.3 Å². The molecule has 0 saturated heterocycles. The molecule has 0 spiro atoms. The van der Waals surface area contributed by atoms with E-state index < -0.39 is 30.2 Å². The Balaban J connectivity index is 3.60. The summed E-state index contributed by atoms with van der Waals surface area (Å²) in [4.78, 5) is 10.9. The van der Waals surface area contributed by atoms with Gasteiger partial charge in [0.1, 0.15) is 6.10 Å². The molecule has 0 aliphatic carbocycles. The Labute approximate surface area is 161 Å². The molecule has 0 radical (unpaired) electrons. The second kappa shape index (κ2) is 15.3. The van der Waals surface area contributed by atoms with Gasteiger partial charge >= 0.3 is 6.18 Å². The van der Waals surface area contributed by atoms with Crippen molar-refractivity contribution in [3.8, 4) is 0 Å². The summed E-state index contributed by atoms with van der Waals surface area (Å²) < 4.78 is 36.7. The van der Waals surface area contributed by atoms with Crippen LogP contribution in [0.3, 0.4) is 0 Å². The van der Waals surface area contributed by atoms with Crippen LogP contribution in [0.1, 0.15) is 96.8 Å². The SMILES string of the molecule is CCCCCCCCCCCCCCCC(O)C(N)C(O)C(=O)C(F)(F)F. The maximum Gasteiger partial charge on any atom is 0.452 e. The van der Waals surface area contributed by atoms with Crippen molar-refractivity contribution in [2.45, 2.75) is 121 Å². The molecule has 162 valence electrons. The molecule has 0 aromatic carbocycles. The first kappa shape index (κ1) is 26.3. The van der Waals surface area contributed by atoms with Crippen LogP contribution in [0.2, 0.25) is 0 Å². The van der Waals surface area contributed by atoms with Crippen molar-refractivity contribution >= 4 is 5.78 Å². The van der Waals surface area contributed by atoms with Crippen molar-refractivity contribution in [1.82, 2.24) is 0 Å².